The number of carbonyl (C=O) groups excluding carboxylic acids is 1. The van der Waals surface area contributed by atoms with Gasteiger partial charge in [-0.3, -0.25) is 4.79 Å². The Morgan fingerprint density at radius 2 is 1.78 bits per heavy atom. The zero-order chi connectivity index (χ0) is 22.2. The van der Waals surface area contributed by atoms with Gasteiger partial charge in [0.05, 0.1) is 18.8 Å². The van der Waals surface area contributed by atoms with Crippen LogP contribution in [0.15, 0.2) is 72.8 Å². The Morgan fingerprint density at radius 1 is 1.00 bits per heavy atom. The number of aryl methyl sites for hydroxylation is 1. The van der Waals surface area contributed by atoms with E-state index in [0.717, 1.165) is 51.0 Å². The maximum atomic E-state index is 13.4. The molecule has 0 aliphatic carbocycles. The van der Waals surface area contributed by atoms with Crippen LogP contribution in [-0.2, 0) is 7.05 Å². The van der Waals surface area contributed by atoms with Crippen LogP contribution >= 0.6 is 11.6 Å². The number of hydrogen-bond acceptors (Lipinski definition) is 2. The first-order chi connectivity index (χ1) is 15.7. The van der Waals surface area contributed by atoms with Crippen molar-refractivity contribution in [1.82, 2.24) is 9.47 Å². The second kappa shape index (κ2) is 8.36. The van der Waals surface area contributed by atoms with Crippen molar-refractivity contribution >= 4 is 28.4 Å². The van der Waals surface area contributed by atoms with Crippen LogP contribution in [0.5, 0.6) is 5.75 Å². The number of hydrogen-bond donors (Lipinski definition) is 0. The third kappa shape index (κ3) is 3.18. The highest BCUT2D eigenvalue weighted by Gasteiger charge is 2.40. The maximum absolute atomic E-state index is 13.4. The molecule has 5 heteroatoms. The minimum absolute atomic E-state index is 0.0697. The van der Waals surface area contributed by atoms with E-state index in [2.05, 4.69) is 54.1 Å². The van der Waals surface area contributed by atoms with Gasteiger partial charge in [-0.2, -0.15) is 0 Å². The van der Waals surface area contributed by atoms with Crippen molar-refractivity contribution < 1.29 is 9.53 Å². The van der Waals surface area contributed by atoms with Gasteiger partial charge in [0, 0.05) is 47.1 Å². The molecular weight excluding hydrogens is 420 g/mol. The average molecular weight is 445 g/mol. The summed E-state index contributed by atoms with van der Waals surface area (Å²) in [5.41, 5.74) is 6.26. The van der Waals surface area contributed by atoms with Gasteiger partial charge in [-0.25, -0.2) is 0 Å². The van der Waals surface area contributed by atoms with E-state index >= 15 is 0 Å². The van der Waals surface area contributed by atoms with Gasteiger partial charge in [-0.05, 0) is 36.2 Å². The summed E-state index contributed by atoms with van der Waals surface area (Å²) in [5, 5.41) is 1.15. The molecule has 0 bridgehead atoms. The van der Waals surface area contributed by atoms with Crippen molar-refractivity contribution in [1.29, 1.82) is 0 Å². The highest BCUT2D eigenvalue weighted by molar-refractivity contribution is 6.17. The number of amides is 1. The number of para-hydroxylation sites is 1. The van der Waals surface area contributed by atoms with Crippen LogP contribution in [0, 0.1) is 0 Å². The van der Waals surface area contributed by atoms with E-state index in [1.54, 1.807) is 7.11 Å². The lowest BCUT2D eigenvalue weighted by Gasteiger charge is -2.27. The molecule has 1 aliphatic heterocycles. The summed E-state index contributed by atoms with van der Waals surface area (Å²) >= 11 is 6.04. The zero-order valence-corrected chi connectivity index (χ0v) is 19.0. The number of halogens is 1. The predicted molar refractivity (Wildman–Crippen MR) is 130 cm³/mol. The van der Waals surface area contributed by atoms with E-state index in [1.807, 2.05) is 35.2 Å². The number of nitrogens with zero attached hydrogens (tertiary/aromatic N) is 2. The van der Waals surface area contributed by atoms with Crippen LogP contribution < -0.4 is 4.74 Å². The molecule has 0 unspecified atom stereocenters. The molecule has 5 rings (SSSR count). The quantitative estimate of drug-likeness (QED) is 0.340. The molecule has 4 aromatic rings. The zero-order valence-electron chi connectivity index (χ0n) is 18.2. The number of alkyl halides is 1. The summed E-state index contributed by atoms with van der Waals surface area (Å²) in [7, 11) is 3.77. The summed E-state index contributed by atoms with van der Waals surface area (Å²) < 4.78 is 7.74. The molecule has 0 N–H and O–H groups in total. The SMILES string of the molecule is COc1cccc(-c2c([C@H]3c4ccccc4C(=O)N3CCCCl)c3ccccc3n2C)c1. The molecule has 0 fully saturated rings. The second-order valence-corrected chi connectivity index (χ2v) is 8.48. The maximum Gasteiger partial charge on any atom is 0.255 e. The third-order valence-electron chi connectivity index (χ3n) is 6.35. The van der Waals surface area contributed by atoms with Gasteiger partial charge >= 0.3 is 0 Å². The van der Waals surface area contributed by atoms with Crippen molar-refractivity contribution in [2.24, 2.45) is 7.05 Å². The minimum atomic E-state index is -0.172. The Labute approximate surface area is 193 Å². The Hall–Kier alpha value is -3.24. The highest BCUT2D eigenvalue weighted by atomic mass is 35.5. The van der Waals surface area contributed by atoms with E-state index in [0.29, 0.717) is 12.4 Å². The number of benzene rings is 3. The molecule has 162 valence electrons. The standard InChI is InChI=1S/C27H25ClN2O2/c1-29-23-14-6-5-13-22(23)24(25(29)18-9-7-10-19(17-18)32-2)26-20-11-3-4-12-21(20)27(31)30(26)16-8-15-28/h3-7,9-14,17,26H,8,15-16H2,1-2H3/t26-/m1/s1. The molecule has 1 amide bonds. The van der Waals surface area contributed by atoms with Gasteiger partial charge in [0.25, 0.3) is 5.91 Å². The normalized spacial score (nSPS) is 15.4. The van der Waals surface area contributed by atoms with Crippen LogP contribution in [0.2, 0.25) is 0 Å². The first-order valence-electron chi connectivity index (χ1n) is 10.8. The fourth-order valence-corrected chi connectivity index (χ4v) is 5.08. The summed E-state index contributed by atoms with van der Waals surface area (Å²) in [5.74, 6) is 1.39. The number of carbonyl (C=O) groups is 1. The lowest BCUT2D eigenvalue weighted by atomic mass is 9.93. The minimum Gasteiger partial charge on any atom is -0.497 e. The number of ether oxygens (including phenoxy) is 1. The summed E-state index contributed by atoms with van der Waals surface area (Å²) in [6.07, 6.45) is 0.747. The molecule has 32 heavy (non-hydrogen) atoms. The molecule has 0 saturated heterocycles. The second-order valence-electron chi connectivity index (χ2n) is 8.10. The topological polar surface area (TPSA) is 34.5 Å². The lowest BCUT2D eigenvalue weighted by Crippen LogP contribution is -2.30. The molecule has 1 aromatic heterocycles. The van der Waals surface area contributed by atoms with Crippen molar-refractivity contribution in [3.8, 4) is 17.0 Å². The number of fused-ring (bicyclic) bond motifs is 2. The molecule has 2 heterocycles. The van der Waals surface area contributed by atoms with Crippen LogP contribution in [0.25, 0.3) is 22.2 Å². The molecule has 0 spiro atoms. The van der Waals surface area contributed by atoms with E-state index < -0.39 is 0 Å². The fraction of sp³-hybridized carbons (Fsp3) is 0.222. The monoisotopic (exact) mass is 444 g/mol. The molecule has 0 radical (unpaired) electrons. The predicted octanol–water partition coefficient (Wildman–Crippen LogP) is 6.03. The first-order valence-corrected chi connectivity index (χ1v) is 11.4. The molecule has 1 atom stereocenters. The number of rotatable bonds is 6. The van der Waals surface area contributed by atoms with Gasteiger partial charge in [-0.15, -0.1) is 11.6 Å². The van der Waals surface area contributed by atoms with Gasteiger partial charge in [0.15, 0.2) is 0 Å². The summed E-state index contributed by atoms with van der Waals surface area (Å²) in [6.45, 7) is 0.614. The van der Waals surface area contributed by atoms with Gasteiger partial charge < -0.3 is 14.2 Å². The van der Waals surface area contributed by atoms with Crippen molar-refractivity contribution in [2.75, 3.05) is 19.5 Å². The molecule has 0 saturated carbocycles. The Balaban J connectivity index is 1.82. The van der Waals surface area contributed by atoms with Crippen LogP contribution in [-0.4, -0.2) is 34.9 Å². The highest BCUT2D eigenvalue weighted by Crippen LogP contribution is 2.46. The van der Waals surface area contributed by atoms with E-state index in [1.165, 1.54) is 0 Å². The van der Waals surface area contributed by atoms with Crippen molar-refractivity contribution in [3.05, 3.63) is 89.5 Å². The fourth-order valence-electron chi connectivity index (χ4n) is 4.96. The molecule has 4 nitrogen and oxygen atoms in total. The third-order valence-corrected chi connectivity index (χ3v) is 6.62. The van der Waals surface area contributed by atoms with Crippen molar-refractivity contribution in [3.63, 3.8) is 0 Å². The number of aromatic nitrogens is 1. The van der Waals surface area contributed by atoms with Crippen LogP contribution in [0.3, 0.4) is 0 Å². The largest absolute Gasteiger partial charge is 0.497 e. The lowest BCUT2D eigenvalue weighted by molar-refractivity contribution is 0.0751. The summed E-state index contributed by atoms with van der Waals surface area (Å²) in [4.78, 5) is 15.4. The van der Waals surface area contributed by atoms with Crippen LogP contribution in [0.4, 0.5) is 0 Å². The molecule has 3 aromatic carbocycles. The van der Waals surface area contributed by atoms with Gasteiger partial charge in [0.2, 0.25) is 0 Å². The Kier molecular flexibility index (Phi) is 5.40. The van der Waals surface area contributed by atoms with Gasteiger partial charge in [-0.1, -0.05) is 48.5 Å². The van der Waals surface area contributed by atoms with E-state index in [4.69, 9.17) is 16.3 Å². The Morgan fingerprint density at radius 3 is 2.59 bits per heavy atom. The van der Waals surface area contributed by atoms with Crippen LogP contribution in [0.1, 0.15) is 33.9 Å². The summed E-state index contributed by atoms with van der Waals surface area (Å²) in [6, 6.07) is 24.3. The van der Waals surface area contributed by atoms with E-state index in [9.17, 15) is 4.79 Å². The average Bonchev–Trinajstić information content (AvgIpc) is 3.28. The smallest absolute Gasteiger partial charge is 0.255 e. The molecule has 1 aliphatic rings. The van der Waals surface area contributed by atoms with Gasteiger partial charge in [0.1, 0.15) is 5.75 Å². The van der Waals surface area contributed by atoms with E-state index in [-0.39, 0.29) is 11.9 Å². The number of methoxy groups -OCH3 is 1. The van der Waals surface area contributed by atoms with Crippen molar-refractivity contribution in [2.45, 2.75) is 12.5 Å². The Bertz CT molecular complexity index is 1310. The first kappa shape index (κ1) is 20.7. The molecular formula is C27H25ClN2O2.